The second kappa shape index (κ2) is 6.07. The van der Waals surface area contributed by atoms with Gasteiger partial charge in [-0.25, -0.2) is 4.68 Å². The largest absolute Gasteiger partial charge is 0.376 e. The molecule has 1 heterocycles. The summed E-state index contributed by atoms with van der Waals surface area (Å²) >= 11 is 0. The fraction of sp³-hybridized carbons (Fsp3) is 0.905. The zero-order valence-corrected chi connectivity index (χ0v) is 17.5. The first-order valence-corrected chi connectivity index (χ1v) is 9.95. The number of hydrogen-bond donors (Lipinski definition) is 0. The van der Waals surface area contributed by atoms with Crippen LogP contribution in [0.4, 0.5) is 0 Å². The molecule has 3 atom stereocenters. The third-order valence-electron chi connectivity index (χ3n) is 5.85. The molecule has 1 aromatic heterocycles. The van der Waals surface area contributed by atoms with E-state index in [1.165, 1.54) is 24.2 Å². The molecule has 3 rings (SSSR count). The lowest BCUT2D eigenvalue weighted by atomic mass is 9.81. The van der Waals surface area contributed by atoms with Crippen LogP contribution in [0.2, 0.25) is 0 Å². The molecule has 0 N–H and O–H groups in total. The van der Waals surface area contributed by atoms with Crippen LogP contribution >= 0.6 is 0 Å². The lowest BCUT2D eigenvalue weighted by Crippen LogP contribution is -2.26. The fourth-order valence-corrected chi connectivity index (χ4v) is 4.57. The van der Waals surface area contributed by atoms with Crippen LogP contribution in [0.3, 0.4) is 0 Å². The number of aromatic nitrogens is 3. The highest BCUT2D eigenvalue weighted by atomic mass is 16.5. The van der Waals surface area contributed by atoms with Crippen LogP contribution < -0.4 is 0 Å². The number of rotatable bonds is 2. The first-order valence-electron chi connectivity index (χ1n) is 9.95. The summed E-state index contributed by atoms with van der Waals surface area (Å²) < 4.78 is 8.30. The van der Waals surface area contributed by atoms with E-state index in [9.17, 15) is 0 Å². The second-order valence-corrected chi connectivity index (χ2v) is 11.1. The van der Waals surface area contributed by atoms with Crippen molar-refractivity contribution in [1.29, 1.82) is 0 Å². The van der Waals surface area contributed by atoms with Gasteiger partial charge in [-0.15, -0.1) is 5.10 Å². The maximum absolute atomic E-state index is 6.13. The fourth-order valence-electron chi connectivity index (χ4n) is 4.57. The van der Waals surface area contributed by atoms with E-state index in [1.807, 2.05) is 0 Å². The van der Waals surface area contributed by atoms with Crippen molar-refractivity contribution in [2.45, 2.75) is 92.2 Å². The lowest BCUT2D eigenvalue weighted by Gasteiger charge is -2.25. The zero-order chi connectivity index (χ0) is 18.6. The summed E-state index contributed by atoms with van der Waals surface area (Å²) in [6.07, 6.45) is 4.66. The normalized spacial score (nSPS) is 29.2. The lowest BCUT2D eigenvalue weighted by molar-refractivity contribution is -0.0127. The molecule has 4 nitrogen and oxygen atoms in total. The molecule has 1 fully saturated rings. The van der Waals surface area contributed by atoms with E-state index in [2.05, 4.69) is 70.4 Å². The number of fused-ring (bicyclic) bond motifs is 2. The highest BCUT2D eigenvalue weighted by Gasteiger charge is 2.52. The summed E-state index contributed by atoms with van der Waals surface area (Å²) in [6, 6.07) is 0. The molecule has 1 aromatic rings. The monoisotopic (exact) mass is 347 g/mol. The van der Waals surface area contributed by atoms with Crippen molar-refractivity contribution < 1.29 is 4.74 Å². The van der Waals surface area contributed by atoms with Gasteiger partial charge in [0.2, 0.25) is 0 Å². The Bertz CT molecular complexity index is 618. The average molecular weight is 348 g/mol. The van der Waals surface area contributed by atoms with E-state index < -0.39 is 0 Å². The number of hydrogen-bond acceptors (Lipinski definition) is 3. The molecule has 0 aliphatic heterocycles. The average Bonchev–Trinajstić information content (AvgIpc) is 2.85. The summed E-state index contributed by atoms with van der Waals surface area (Å²) in [6.45, 7) is 18.9. The van der Waals surface area contributed by atoms with Gasteiger partial charge in [-0.3, -0.25) is 0 Å². The molecule has 0 spiro atoms. The maximum Gasteiger partial charge on any atom is 0.0864 e. The molecule has 0 bridgehead atoms. The maximum atomic E-state index is 6.13. The van der Waals surface area contributed by atoms with Crippen LogP contribution in [0, 0.1) is 23.2 Å². The Hall–Kier alpha value is -0.900. The minimum absolute atomic E-state index is 0.00349. The first-order chi connectivity index (χ1) is 11.4. The summed E-state index contributed by atoms with van der Waals surface area (Å²) in [5, 5.41) is 9.09. The highest BCUT2D eigenvalue weighted by Crippen LogP contribution is 2.56. The van der Waals surface area contributed by atoms with E-state index in [4.69, 9.17) is 4.74 Å². The van der Waals surface area contributed by atoms with Crippen molar-refractivity contribution in [3.63, 3.8) is 0 Å². The second-order valence-electron chi connectivity index (χ2n) is 11.1. The van der Waals surface area contributed by atoms with E-state index >= 15 is 0 Å². The third-order valence-corrected chi connectivity index (χ3v) is 5.85. The Balaban J connectivity index is 1.80. The van der Waals surface area contributed by atoms with Gasteiger partial charge in [-0.05, 0) is 90.4 Å². The van der Waals surface area contributed by atoms with Crippen LogP contribution in [-0.4, -0.2) is 27.2 Å². The zero-order valence-electron chi connectivity index (χ0n) is 17.5. The minimum atomic E-state index is -0.0355. The van der Waals surface area contributed by atoms with Gasteiger partial charge in [0.05, 0.1) is 29.1 Å². The summed E-state index contributed by atoms with van der Waals surface area (Å²) in [5.41, 5.74) is 2.83. The van der Waals surface area contributed by atoms with Gasteiger partial charge in [0, 0.05) is 0 Å². The van der Waals surface area contributed by atoms with Crippen molar-refractivity contribution in [3.8, 4) is 0 Å². The van der Waals surface area contributed by atoms with Gasteiger partial charge >= 0.3 is 0 Å². The molecule has 142 valence electrons. The van der Waals surface area contributed by atoms with Crippen molar-refractivity contribution in [3.05, 3.63) is 11.4 Å². The molecule has 4 heteroatoms. The molecule has 0 amide bonds. The molecule has 2 aliphatic rings. The quantitative estimate of drug-likeness (QED) is 0.784. The Morgan fingerprint density at radius 1 is 1.12 bits per heavy atom. The number of nitrogens with zero attached hydrogens (tertiary/aromatic N) is 3. The topological polar surface area (TPSA) is 39.9 Å². The van der Waals surface area contributed by atoms with Gasteiger partial charge in [-0.2, -0.15) is 0 Å². The van der Waals surface area contributed by atoms with Gasteiger partial charge in [0.15, 0.2) is 0 Å². The molecule has 25 heavy (non-hydrogen) atoms. The molecular weight excluding hydrogens is 310 g/mol. The van der Waals surface area contributed by atoms with Gasteiger partial charge in [0.25, 0.3) is 0 Å². The Morgan fingerprint density at radius 2 is 1.80 bits per heavy atom. The van der Waals surface area contributed by atoms with E-state index in [1.54, 1.807) is 0 Å². The van der Waals surface area contributed by atoms with Crippen LogP contribution in [0.5, 0.6) is 0 Å². The predicted octanol–water partition coefficient (Wildman–Crippen LogP) is 4.62. The molecule has 2 aliphatic carbocycles. The van der Waals surface area contributed by atoms with Crippen LogP contribution in [0.15, 0.2) is 0 Å². The predicted molar refractivity (Wildman–Crippen MR) is 102 cm³/mol. The molecule has 1 saturated carbocycles. The highest BCUT2D eigenvalue weighted by molar-refractivity contribution is 5.17. The van der Waals surface area contributed by atoms with Crippen LogP contribution in [-0.2, 0) is 23.1 Å². The molecule has 0 saturated heterocycles. The molecule has 0 radical (unpaired) electrons. The van der Waals surface area contributed by atoms with Gasteiger partial charge in [-0.1, -0.05) is 19.1 Å². The van der Waals surface area contributed by atoms with Crippen molar-refractivity contribution in [1.82, 2.24) is 15.0 Å². The Kier molecular flexibility index (Phi) is 4.59. The van der Waals surface area contributed by atoms with Gasteiger partial charge < -0.3 is 4.74 Å². The molecular formula is C21H37N3O. The van der Waals surface area contributed by atoms with E-state index in [0.29, 0.717) is 0 Å². The van der Waals surface area contributed by atoms with Crippen LogP contribution in [0.1, 0.15) is 79.6 Å². The SMILES string of the molecule is CC1(C)Cc2nnn(C(C)(C)C)c2CCC2C(COC(C)(C)C)C2C1. The standard InChI is InChI=1S/C21H37N3O/c1-19(2,3)24-18-10-9-14-15(16(14)13-25-20(4,5)6)11-21(7,8)12-17(18)22-23-24/h14-16H,9-13H2,1-8H3. The van der Waals surface area contributed by atoms with E-state index in [0.717, 1.165) is 37.2 Å². The Morgan fingerprint density at radius 3 is 2.40 bits per heavy atom. The summed E-state index contributed by atoms with van der Waals surface area (Å²) in [5.74, 6) is 2.35. The Labute approximate surface area is 153 Å². The van der Waals surface area contributed by atoms with Crippen molar-refractivity contribution >= 4 is 0 Å². The summed E-state index contributed by atoms with van der Waals surface area (Å²) in [7, 11) is 0. The van der Waals surface area contributed by atoms with Crippen LogP contribution in [0.25, 0.3) is 0 Å². The third kappa shape index (κ3) is 4.27. The molecule has 3 unspecified atom stereocenters. The minimum Gasteiger partial charge on any atom is -0.376 e. The summed E-state index contributed by atoms with van der Waals surface area (Å²) in [4.78, 5) is 0. The van der Waals surface area contributed by atoms with Gasteiger partial charge in [0.1, 0.15) is 0 Å². The van der Waals surface area contributed by atoms with Crippen molar-refractivity contribution in [2.75, 3.05) is 6.61 Å². The first kappa shape index (κ1) is 18.9. The van der Waals surface area contributed by atoms with E-state index in [-0.39, 0.29) is 16.6 Å². The molecule has 0 aromatic carbocycles. The number of ether oxygens (including phenoxy) is 1. The smallest absolute Gasteiger partial charge is 0.0864 e. The van der Waals surface area contributed by atoms with Crippen molar-refractivity contribution in [2.24, 2.45) is 23.2 Å².